The van der Waals surface area contributed by atoms with Gasteiger partial charge in [-0.1, -0.05) is 0 Å². The lowest BCUT2D eigenvalue weighted by Gasteiger charge is -2.06. The molecule has 0 bridgehead atoms. The lowest BCUT2D eigenvalue weighted by atomic mass is 10.1. The van der Waals surface area contributed by atoms with Crippen molar-refractivity contribution in [2.24, 2.45) is 0 Å². The third kappa shape index (κ3) is 1.73. The van der Waals surface area contributed by atoms with Gasteiger partial charge in [0.05, 0.1) is 11.1 Å². The molecule has 84 valence electrons. The number of hydrogen-bond acceptors (Lipinski definition) is 2. The Balaban J connectivity index is 2.53. The van der Waals surface area contributed by atoms with Crippen LogP contribution in [0, 0.1) is 0 Å². The summed E-state index contributed by atoms with van der Waals surface area (Å²) in [7, 11) is 0. The molecule has 0 saturated heterocycles. The van der Waals surface area contributed by atoms with Gasteiger partial charge in [-0.25, -0.2) is 0 Å². The van der Waals surface area contributed by atoms with Crippen molar-refractivity contribution >= 4 is 17.4 Å². The molecule has 0 spiro atoms. The second kappa shape index (κ2) is 3.55. The smallest absolute Gasteiger partial charge is 0.340 e. The fourth-order valence-corrected chi connectivity index (χ4v) is 1.43. The van der Waals surface area contributed by atoms with E-state index in [0.717, 1.165) is 16.9 Å². The molecule has 2 rings (SSSR count). The van der Waals surface area contributed by atoms with E-state index in [0.29, 0.717) is 10.9 Å². The van der Waals surface area contributed by atoms with E-state index < -0.39 is 11.7 Å². The fraction of sp³-hybridized carbons (Fsp3) is 0.100. The van der Waals surface area contributed by atoms with Crippen LogP contribution in [0.3, 0.4) is 0 Å². The molecule has 0 aliphatic rings. The summed E-state index contributed by atoms with van der Waals surface area (Å²) in [6.45, 7) is 0.205. The first-order chi connectivity index (χ1) is 7.52. The van der Waals surface area contributed by atoms with Crippen molar-refractivity contribution in [2.75, 3.05) is 0 Å². The Bertz CT molecular complexity index is 530. The summed E-state index contributed by atoms with van der Waals surface area (Å²) < 4.78 is 38.2. The zero-order valence-electron chi connectivity index (χ0n) is 7.86. The summed E-state index contributed by atoms with van der Waals surface area (Å²) in [6.07, 6.45) is -3.00. The van der Waals surface area contributed by atoms with Crippen molar-refractivity contribution in [1.29, 1.82) is 0 Å². The summed E-state index contributed by atoms with van der Waals surface area (Å²) in [5, 5.41) is 0.358. The van der Waals surface area contributed by atoms with Crippen molar-refractivity contribution in [3.63, 3.8) is 0 Å². The number of aromatic nitrogens is 1. The van der Waals surface area contributed by atoms with Gasteiger partial charge in [0.25, 0.3) is 0 Å². The molecular weight excluding hydrogens is 223 g/mol. The summed E-state index contributed by atoms with van der Waals surface area (Å²) in [4.78, 5) is 14.7. The van der Waals surface area contributed by atoms with E-state index in [1.54, 1.807) is 0 Å². The number of fused-ring (bicyclic) bond motifs is 1. The van der Waals surface area contributed by atoms with Crippen molar-refractivity contribution in [3.8, 4) is 0 Å². The van der Waals surface area contributed by atoms with Crippen LogP contribution in [0.5, 0.6) is 0 Å². The second-order valence-electron chi connectivity index (χ2n) is 3.11. The Morgan fingerprint density at radius 3 is 2.62 bits per heavy atom. The quantitative estimate of drug-likeness (QED) is 0.739. The van der Waals surface area contributed by atoms with Gasteiger partial charge in [-0.3, -0.25) is 4.79 Å². The van der Waals surface area contributed by atoms with Crippen LogP contribution >= 0.6 is 0 Å². The molecule has 0 aliphatic carbocycles. The summed E-state index contributed by atoms with van der Waals surface area (Å²) in [5.74, 6) is 0. The Hall–Kier alpha value is -1.98. The molecule has 0 unspecified atom stereocenters. The van der Waals surface area contributed by atoms with E-state index >= 15 is 0 Å². The van der Waals surface area contributed by atoms with Crippen LogP contribution in [0.1, 0.15) is 5.56 Å². The van der Waals surface area contributed by atoms with E-state index in [2.05, 4.69) is 4.84 Å². The van der Waals surface area contributed by atoms with Gasteiger partial charge in [-0.05, 0) is 24.3 Å². The highest BCUT2D eigenvalue weighted by Gasteiger charge is 2.30. The van der Waals surface area contributed by atoms with Gasteiger partial charge >= 0.3 is 12.6 Å². The van der Waals surface area contributed by atoms with Gasteiger partial charge in [-0.15, -0.1) is 0 Å². The fourth-order valence-electron chi connectivity index (χ4n) is 1.43. The molecule has 6 heteroatoms. The van der Waals surface area contributed by atoms with Gasteiger partial charge < -0.3 is 4.84 Å². The zero-order valence-corrected chi connectivity index (χ0v) is 7.86. The predicted molar refractivity (Wildman–Crippen MR) is 49.6 cm³/mol. The zero-order chi connectivity index (χ0) is 11.8. The van der Waals surface area contributed by atoms with Crippen LogP contribution in [0.25, 0.3) is 10.9 Å². The Kier molecular flexibility index (Phi) is 2.34. The van der Waals surface area contributed by atoms with Gasteiger partial charge in [0.1, 0.15) is 0 Å². The minimum absolute atomic E-state index is 0.205. The van der Waals surface area contributed by atoms with E-state index in [1.165, 1.54) is 18.3 Å². The molecule has 0 N–H and O–H groups in total. The lowest BCUT2D eigenvalue weighted by molar-refractivity contribution is -0.137. The average molecular weight is 229 g/mol. The first-order valence-corrected chi connectivity index (χ1v) is 4.31. The highest BCUT2D eigenvalue weighted by atomic mass is 19.4. The third-order valence-electron chi connectivity index (χ3n) is 2.14. The van der Waals surface area contributed by atoms with E-state index in [1.807, 2.05) is 0 Å². The maximum atomic E-state index is 12.4. The first-order valence-electron chi connectivity index (χ1n) is 4.31. The molecule has 0 radical (unpaired) electrons. The van der Waals surface area contributed by atoms with Crippen LogP contribution < -0.4 is 4.84 Å². The maximum Gasteiger partial charge on any atom is 0.416 e. The molecule has 16 heavy (non-hydrogen) atoms. The molecule has 0 amide bonds. The number of nitrogens with zero attached hydrogens (tertiary/aromatic N) is 1. The Labute approximate surface area is 88.0 Å². The minimum Gasteiger partial charge on any atom is -0.340 e. The number of alkyl halides is 3. The number of carbonyl (C=O) groups excluding carboxylic acids is 1. The second-order valence-corrected chi connectivity index (χ2v) is 3.11. The van der Waals surface area contributed by atoms with Crippen LogP contribution in [0.15, 0.2) is 30.5 Å². The molecule has 1 aromatic carbocycles. The van der Waals surface area contributed by atoms with Crippen LogP contribution in [0.4, 0.5) is 13.2 Å². The number of hydrogen-bond donors (Lipinski definition) is 0. The van der Waals surface area contributed by atoms with Gasteiger partial charge in [-0.2, -0.15) is 17.9 Å². The van der Waals surface area contributed by atoms with Gasteiger partial charge in [0.2, 0.25) is 0 Å². The average Bonchev–Trinajstić information content (AvgIpc) is 2.60. The number of halogens is 3. The van der Waals surface area contributed by atoms with Crippen LogP contribution in [0.2, 0.25) is 0 Å². The number of rotatable bonds is 2. The standard InChI is InChI=1S/C10H6F3NO2/c11-10(12,13)8-1-2-9-7(5-8)3-4-14(9)16-6-15/h1-6H. The Morgan fingerprint density at radius 1 is 1.25 bits per heavy atom. The molecule has 0 atom stereocenters. The SMILES string of the molecule is O=COn1ccc2cc(C(F)(F)F)ccc21. The molecule has 1 aromatic heterocycles. The molecule has 0 saturated carbocycles. The van der Waals surface area contributed by atoms with E-state index in [9.17, 15) is 18.0 Å². The van der Waals surface area contributed by atoms with Crippen molar-refractivity contribution in [1.82, 2.24) is 4.73 Å². The molecule has 0 fully saturated rings. The first kappa shape index (κ1) is 10.5. The normalized spacial score (nSPS) is 11.7. The monoisotopic (exact) mass is 229 g/mol. The molecule has 0 aliphatic heterocycles. The number of benzene rings is 1. The number of carbonyl (C=O) groups is 1. The molecule has 1 heterocycles. The molecular formula is C10H6F3NO2. The largest absolute Gasteiger partial charge is 0.416 e. The van der Waals surface area contributed by atoms with Crippen LogP contribution in [-0.4, -0.2) is 11.2 Å². The van der Waals surface area contributed by atoms with Crippen LogP contribution in [-0.2, 0) is 11.0 Å². The summed E-state index contributed by atoms with van der Waals surface area (Å²) in [5.41, 5.74) is -0.330. The Morgan fingerprint density at radius 2 is 2.00 bits per heavy atom. The predicted octanol–water partition coefficient (Wildman–Crippen LogP) is 2.25. The molecule has 3 nitrogen and oxygen atoms in total. The highest BCUT2D eigenvalue weighted by molar-refractivity contribution is 5.81. The topological polar surface area (TPSA) is 31.2 Å². The minimum atomic E-state index is -4.37. The maximum absolute atomic E-state index is 12.4. The third-order valence-corrected chi connectivity index (χ3v) is 2.14. The summed E-state index contributed by atoms with van der Waals surface area (Å²) >= 11 is 0. The van der Waals surface area contributed by atoms with Crippen molar-refractivity contribution < 1.29 is 22.8 Å². The van der Waals surface area contributed by atoms with Crippen molar-refractivity contribution in [2.45, 2.75) is 6.18 Å². The highest BCUT2D eigenvalue weighted by Crippen LogP contribution is 2.31. The van der Waals surface area contributed by atoms with Gasteiger partial charge in [0.15, 0.2) is 0 Å². The van der Waals surface area contributed by atoms with Crippen molar-refractivity contribution in [3.05, 3.63) is 36.0 Å². The van der Waals surface area contributed by atoms with E-state index in [4.69, 9.17) is 0 Å². The molecule has 2 aromatic rings. The van der Waals surface area contributed by atoms with Gasteiger partial charge in [0, 0.05) is 11.6 Å². The summed E-state index contributed by atoms with van der Waals surface area (Å²) in [6, 6.07) is 4.63. The van der Waals surface area contributed by atoms with E-state index in [-0.39, 0.29) is 6.47 Å². The lowest BCUT2D eigenvalue weighted by Crippen LogP contribution is -2.07.